The van der Waals surface area contributed by atoms with Crippen molar-refractivity contribution in [3.63, 3.8) is 0 Å². The summed E-state index contributed by atoms with van der Waals surface area (Å²) in [5.41, 5.74) is 4.57. The fraction of sp³-hybridized carbons (Fsp3) is 0.350. The van der Waals surface area contributed by atoms with Gasteiger partial charge in [0.2, 0.25) is 0 Å². The van der Waals surface area contributed by atoms with Gasteiger partial charge < -0.3 is 9.64 Å². The van der Waals surface area contributed by atoms with Gasteiger partial charge in [0.1, 0.15) is 5.75 Å². The molecule has 0 aliphatic heterocycles. The molecule has 0 saturated heterocycles. The van der Waals surface area contributed by atoms with E-state index in [4.69, 9.17) is 4.74 Å². The quantitative estimate of drug-likeness (QED) is 0.834. The number of ether oxygens (including phenoxy) is 1. The van der Waals surface area contributed by atoms with E-state index in [2.05, 4.69) is 31.2 Å². The first-order valence-electron chi connectivity index (χ1n) is 7.92. The van der Waals surface area contributed by atoms with Gasteiger partial charge in [-0.05, 0) is 50.5 Å². The second-order valence-corrected chi connectivity index (χ2v) is 6.14. The lowest BCUT2D eigenvalue weighted by molar-refractivity contribution is -0.137. The Balaban J connectivity index is 2.01. The highest BCUT2D eigenvalue weighted by Crippen LogP contribution is 2.22. The first-order valence-corrected chi connectivity index (χ1v) is 7.92. The van der Waals surface area contributed by atoms with Crippen LogP contribution in [0.2, 0.25) is 0 Å². The SMILES string of the molecule is Cc1ccc(CN(C)C(=O)[C@@H](C)Oc2cccc(C)c2C)cc1. The summed E-state index contributed by atoms with van der Waals surface area (Å²) in [6.45, 7) is 8.49. The predicted octanol–water partition coefficient (Wildman–Crippen LogP) is 4.04. The maximum Gasteiger partial charge on any atom is 0.263 e. The van der Waals surface area contributed by atoms with Crippen LogP contribution in [0.3, 0.4) is 0 Å². The van der Waals surface area contributed by atoms with Crippen LogP contribution >= 0.6 is 0 Å². The molecule has 1 amide bonds. The Bertz CT molecular complexity index is 677. The molecule has 0 spiro atoms. The van der Waals surface area contributed by atoms with Crippen LogP contribution in [0.15, 0.2) is 42.5 Å². The molecule has 2 aromatic carbocycles. The summed E-state index contributed by atoms with van der Waals surface area (Å²) in [6.07, 6.45) is -0.508. The number of rotatable bonds is 5. The molecular formula is C20H25NO2. The van der Waals surface area contributed by atoms with Crippen LogP contribution in [0.5, 0.6) is 5.75 Å². The molecule has 0 saturated carbocycles. The zero-order valence-corrected chi connectivity index (χ0v) is 14.6. The van der Waals surface area contributed by atoms with Crippen molar-refractivity contribution in [2.45, 2.75) is 40.3 Å². The Morgan fingerprint density at radius 3 is 2.39 bits per heavy atom. The maximum atomic E-state index is 12.5. The van der Waals surface area contributed by atoms with Gasteiger partial charge in [-0.15, -0.1) is 0 Å². The molecule has 3 heteroatoms. The summed E-state index contributed by atoms with van der Waals surface area (Å²) in [6, 6.07) is 14.1. The van der Waals surface area contributed by atoms with E-state index in [1.54, 1.807) is 11.8 Å². The van der Waals surface area contributed by atoms with Gasteiger partial charge in [-0.1, -0.05) is 42.0 Å². The highest BCUT2D eigenvalue weighted by Gasteiger charge is 2.20. The molecule has 1 atom stereocenters. The Labute approximate surface area is 138 Å². The van der Waals surface area contributed by atoms with Crippen molar-refractivity contribution in [1.82, 2.24) is 4.90 Å². The van der Waals surface area contributed by atoms with Crippen LogP contribution in [0.4, 0.5) is 0 Å². The average Bonchev–Trinajstić information content (AvgIpc) is 2.53. The molecule has 0 aliphatic carbocycles. The molecule has 0 aliphatic rings. The highest BCUT2D eigenvalue weighted by molar-refractivity contribution is 5.80. The number of hydrogen-bond acceptors (Lipinski definition) is 2. The average molecular weight is 311 g/mol. The molecule has 0 radical (unpaired) electrons. The minimum absolute atomic E-state index is 0.0218. The second kappa shape index (κ2) is 7.32. The molecule has 0 N–H and O–H groups in total. The molecule has 0 bridgehead atoms. The molecule has 2 aromatic rings. The van der Waals surface area contributed by atoms with E-state index >= 15 is 0 Å². The largest absolute Gasteiger partial charge is 0.481 e. The first kappa shape index (κ1) is 17.1. The van der Waals surface area contributed by atoms with Crippen molar-refractivity contribution < 1.29 is 9.53 Å². The van der Waals surface area contributed by atoms with Gasteiger partial charge in [0.15, 0.2) is 6.10 Å². The maximum absolute atomic E-state index is 12.5. The number of benzene rings is 2. The fourth-order valence-corrected chi connectivity index (χ4v) is 2.45. The topological polar surface area (TPSA) is 29.5 Å². The smallest absolute Gasteiger partial charge is 0.263 e. The molecule has 0 fully saturated rings. The predicted molar refractivity (Wildman–Crippen MR) is 93.7 cm³/mol. The normalized spacial score (nSPS) is 11.9. The Kier molecular flexibility index (Phi) is 5.43. The lowest BCUT2D eigenvalue weighted by Gasteiger charge is -2.23. The van der Waals surface area contributed by atoms with Crippen LogP contribution in [-0.2, 0) is 11.3 Å². The summed E-state index contributed by atoms with van der Waals surface area (Å²) in [5.74, 6) is 0.751. The molecule has 0 heterocycles. The summed E-state index contributed by atoms with van der Waals surface area (Å²) in [4.78, 5) is 14.2. The Hall–Kier alpha value is -2.29. The summed E-state index contributed by atoms with van der Waals surface area (Å²) >= 11 is 0. The molecule has 122 valence electrons. The van der Waals surface area contributed by atoms with Crippen LogP contribution in [-0.4, -0.2) is 24.0 Å². The van der Waals surface area contributed by atoms with Gasteiger partial charge in [-0.25, -0.2) is 0 Å². The van der Waals surface area contributed by atoms with E-state index in [-0.39, 0.29) is 5.91 Å². The third-order valence-corrected chi connectivity index (χ3v) is 4.12. The number of hydrogen-bond donors (Lipinski definition) is 0. The van der Waals surface area contributed by atoms with Crippen LogP contribution < -0.4 is 4.74 Å². The van der Waals surface area contributed by atoms with Crippen molar-refractivity contribution in [1.29, 1.82) is 0 Å². The van der Waals surface area contributed by atoms with Crippen molar-refractivity contribution >= 4 is 5.91 Å². The van der Waals surface area contributed by atoms with E-state index in [0.717, 1.165) is 22.4 Å². The minimum atomic E-state index is -0.508. The summed E-state index contributed by atoms with van der Waals surface area (Å²) in [5, 5.41) is 0. The van der Waals surface area contributed by atoms with Gasteiger partial charge in [-0.2, -0.15) is 0 Å². The molecule has 3 nitrogen and oxygen atoms in total. The van der Waals surface area contributed by atoms with E-state index in [0.29, 0.717) is 6.54 Å². The van der Waals surface area contributed by atoms with E-state index in [1.165, 1.54) is 5.56 Å². The molecule has 0 unspecified atom stereocenters. The Morgan fingerprint density at radius 1 is 1.09 bits per heavy atom. The molecule has 2 rings (SSSR count). The standard InChI is InChI=1S/C20H25NO2/c1-14-9-11-18(12-10-14)13-21(5)20(22)17(4)23-19-8-6-7-15(2)16(19)3/h6-12,17H,13H2,1-5H3/t17-/m1/s1. The van der Waals surface area contributed by atoms with Gasteiger partial charge in [0.25, 0.3) is 5.91 Å². The molecule has 23 heavy (non-hydrogen) atoms. The monoisotopic (exact) mass is 311 g/mol. The first-order chi connectivity index (χ1) is 10.9. The zero-order chi connectivity index (χ0) is 17.0. The third-order valence-electron chi connectivity index (χ3n) is 4.12. The van der Waals surface area contributed by atoms with Crippen molar-refractivity contribution in [2.75, 3.05) is 7.05 Å². The molecule has 0 aromatic heterocycles. The Morgan fingerprint density at radius 2 is 1.74 bits per heavy atom. The van der Waals surface area contributed by atoms with E-state index in [1.807, 2.05) is 39.1 Å². The second-order valence-electron chi connectivity index (χ2n) is 6.14. The van der Waals surface area contributed by atoms with Crippen LogP contribution in [0.25, 0.3) is 0 Å². The lowest BCUT2D eigenvalue weighted by atomic mass is 10.1. The van der Waals surface area contributed by atoms with Gasteiger partial charge >= 0.3 is 0 Å². The summed E-state index contributed by atoms with van der Waals surface area (Å²) < 4.78 is 5.87. The minimum Gasteiger partial charge on any atom is -0.481 e. The van der Waals surface area contributed by atoms with Gasteiger partial charge in [0, 0.05) is 13.6 Å². The van der Waals surface area contributed by atoms with Crippen LogP contribution in [0.1, 0.15) is 29.2 Å². The number of aryl methyl sites for hydroxylation is 2. The molecular weight excluding hydrogens is 286 g/mol. The van der Waals surface area contributed by atoms with Crippen molar-refractivity contribution in [3.8, 4) is 5.75 Å². The van der Waals surface area contributed by atoms with Gasteiger partial charge in [-0.3, -0.25) is 4.79 Å². The van der Waals surface area contributed by atoms with E-state index in [9.17, 15) is 4.79 Å². The van der Waals surface area contributed by atoms with Gasteiger partial charge in [0.05, 0.1) is 0 Å². The van der Waals surface area contributed by atoms with Crippen molar-refractivity contribution in [2.24, 2.45) is 0 Å². The third kappa shape index (κ3) is 4.35. The van der Waals surface area contributed by atoms with Crippen molar-refractivity contribution in [3.05, 3.63) is 64.7 Å². The lowest BCUT2D eigenvalue weighted by Crippen LogP contribution is -2.37. The number of nitrogens with zero attached hydrogens (tertiary/aromatic N) is 1. The summed E-state index contributed by atoms with van der Waals surface area (Å²) in [7, 11) is 1.81. The fourth-order valence-electron chi connectivity index (χ4n) is 2.45. The number of amides is 1. The van der Waals surface area contributed by atoms with E-state index < -0.39 is 6.10 Å². The highest BCUT2D eigenvalue weighted by atomic mass is 16.5. The number of likely N-dealkylation sites (N-methyl/N-ethyl adjacent to an activating group) is 1. The zero-order valence-electron chi connectivity index (χ0n) is 14.6. The number of carbonyl (C=O) groups excluding carboxylic acids is 1. The number of carbonyl (C=O) groups is 1. The van der Waals surface area contributed by atoms with Crippen LogP contribution in [0, 0.1) is 20.8 Å².